The summed E-state index contributed by atoms with van der Waals surface area (Å²) in [5, 5.41) is 0. The number of nitrogens with zero attached hydrogens (tertiary/aromatic N) is 3. The zero-order chi connectivity index (χ0) is 24.0. The zero-order valence-electron chi connectivity index (χ0n) is 19.5. The van der Waals surface area contributed by atoms with E-state index in [2.05, 4.69) is 14.9 Å². The second-order valence-electron chi connectivity index (χ2n) is 8.48. The molecular formula is C20H40N4O6S2. The van der Waals surface area contributed by atoms with E-state index in [0.29, 0.717) is 12.5 Å². The van der Waals surface area contributed by atoms with Crippen LogP contribution in [-0.2, 0) is 20.2 Å². The minimum atomic E-state index is -3.92. The van der Waals surface area contributed by atoms with E-state index in [0.717, 1.165) is 13.1 Å². The van der Waals surface area contributed by atoms with Gasteiger partial charge in [0.25, 0.3) is 10.1 Å². The number of rotatable bonds is 0. The lowest BCUT2D eigenvalue weighted by atomic mass is 10.2. The van der Waals surface area contributed by atoms with Gasteiger partial charge in [-0.3, -0.25) is 14.4 Å². The van der Waals surface area contributed by atoms with Gasteiger partial charge >= 0.3 is 0 Å². The molecule has 0 bridgehead atoms. The average molecular weight is 497 g/mol. The van der Waals surface area contributed by atoms with Crippen LogP contribution in [0.5, 0.6) is 0 Å². The van der Waals surface area contributed by atoms with Crippen LogP contribution in [0.2, 0.25) is 0 Å². The van der Waals surface area contributed by atoms with Crippen LogP contribution in [0.1, 0.15) is 64.2 Å². The van der Waals surface area contributed by atoms with E-state index >= 15 is 0 Å². The quantitative estimate of drug-likeness (QED) is 0.467. The lowest BCUT2D eigenvalue weighted by Crippen LogP contribution is -3.15. The van der Waals surface area contributed by atoms with E-state index in [9.17, 15) is 8.42 Å². The second-order valence-corrected chi connectivity index (χ2v) is 11.4. The van der Waals surface area contributed by atoms with Crippen LogP contribution in [-0.4, -0.2) is 94.3 Å². The summed E-state index contributed by atoms with van der Waals surface area (Å²) in [6.45, 7) is 7.39. The molecule has 4 aliphatic rings. The fraction of sp³-hybridized carbons (Fsp3) is 0.900. The van der Waals surface area contributed by atoms with Gasteiger partial charge in [0.05, 0.1) is 35.3 Å². The molecule has 10 nitrogen and oxygen atoms in total. The Labute approximate surface area is 193 Å². The number of nitrogens with one attached hydrogen (secondary N) is 1. The molecule has 0 aliphatic carbocycles. The van der Waals surface area contributed by atoms with E-state index in [-0.39, 0.29) is 0 Å². The summed E-state index contributed by atoms with van der Waals surface area (Å²) in [4.78, 5) is 13.3. The molecule has 0 radical (unpaired) electrons. The lowest BCUT2D eigenvalue weighted by Gasteiger charge is -2.27. The fourth-order valence-electron chi connectivity index (χ4n) is 4.03. The van der Waals surface area contributed by atoms with Crippen LogP contribution < -0.4 is 4.90 Å². The van der Waals surface area contributed by atoms with Crippen molar-refractivity contribution >= 4 is 31.9 Å². The maximum Gasteiger partial charge on any atom is 0.261 e. The first-order valence-electron chi connectivity index (χ1n) is 11.4. The highest BCUT2D eigenvalue weighted by Gasteiger charge is 2.22. The van der Waals surface area contributed by atoms with Gasteiger partial charge in [-0.1, -0.05) is 6.42 Å². The zero-order valence-corrected chi connectivity index (χ0v) is 21.1. The lowest BCUT2D eigenvalue weighted by molar-refractivity contribution is -0.809. The van der Waals surface area contributed by atoms with E-state index in [1.807, 2.05) is 0 Å². The molecule has 0 aromatic carbocycles. The van der Waals surface area contributed by atoms with Crippen LogP contribution in [0.15, 0.2) is 9.98 Å². The summed E-state index contributed by atoms with van der Waals surface area (Å²) in [7, 11) is -7.58. The predicted octanol–water partition coefficient (Wildman–Crippen LogP) is 0.578. The first kappa shape index (κ1) is 29.0. The van der Waals surface area contributed by atoms with Gasteiger partial charge in [0.1, 0.15) is 0 Å². The van der Waals surface area contributed by atoms with Crippen molar-refractivity contribution in [3.05, 3.63) is 0 Å². The van der Waals surface area contributed by atoms with Crippen LogP contribution in [0.25, 0.3) is 0 Å². The van der Waals surface area contributed by atoms with Crippen LogP contribution in [0.3, 0.4) is 0 Å². The third-order valence-corrected chi connectivity index (χ3v) is 5.31. The summed E-state index contributed by atoms with van der Waals surface area (Å²) in [6.07, 6.45) is 14.7. The highest BCUT2D eigenvalue weighted by Crippen LogP contribution is 2.15. The molecule has 4 rings (SSSR count). The summed E-state index contributed by atoms with van der Waals surface area (Å²) in [6, 6.07) is 0. The van der Waals surface area contributed by atoms with Gasteiger partial charge in [-0.05, 0) is 38.5 Å². The molecule has 0 amide bonds. The molecule has 0 aromatic heterocycles. The highest BCUT2D eigenvalue weighted by molar-refractivity contribution is 7.85. The summed E-state index contributed by atoms with van der Waals surface area (Å²) in [5.41, 5.74) is 0. The third kappa shape index (κ3) is 16.5. The van der Waals surface area contributed by atoms with E-state index in [1.165, 1.54) is 102 Å². The number of amidine groups is 2. The van der Waals surface area contributed by atoms with Gasteiger partial charge in [0.15, 0.2) is 5.84 Å². The summed E-state index contributed by atoms with van der Waals surface area (Å²) >= 11 is 0. The summed E-state index contributed by atoms with van der Waals surface area (Å²) in [5.74, 6) is 2.88. The molecule has 2 saturated heterocycles. The van der Waals surface area contributed by atoms with Crippen molar-refractivity contribution < 1.29 is 30.8 Å². The monoisotopic (exact) mass is 496 g/mol. The molecule has 12 heteroatoms. The van der Waals surface area contributed by atoms with Crippen molar-refractivity contribution in [1.82, 2.24) is 4.90 Å². The van der Waals surface area contributed by atoms with Crippen LogP contribution >= 0.6 is 0 Å². The Morgan fingerprint density at radius 1 is 0.812 bits per heavy atom. The number of fused-ring (bicyclic) bond motifs is 2. The van der Waals surface area contributed by atoms with Crippen molar-refractivity contribution in [2.45, 2.75) is 64.2 Å². The Balaban J connectivity index is 0.000000230. The van der Waals surface area contributed by atoms with Gasteiger partial charge < -0.3 is 9.45 Å². The molecular weight excluding hydrogens is 456 g/mol. The Morgan fingerprint density at radius 3 is 2.03 bits per heavy atom. The maximum absolute atomic E-state index is 9.19. The van der Waals surface area contributed by atoms with Crippen molar-refractivity contribution in [2.24, 2.45) is 9.98 Å². The Morgan fingerprint density at radius 2 is 1.34 bits per heavy atom. The molecule has 0 spiro atoms. The Kier molecular flexibility index (Phi) is 13.5. The SMILES string of the molecule is C1CCC2=NCCCN2CC1.C1CCC2=NCCC[NH+]2CC1.CS(=O)(=O)O.CS(=O)(=O)[O-]. The minimum Gasteiger partial charge on any atom is -0.748 e. The molecule has 188 valence electrons. The van der Waals surface area contributed by atoms with Gasteiger partial charge in [-0.15, -0.1) is 0 Å². The molecule has 4 heterocycles. The number of quaternary nitrogens is 1. The van der Waals surface area contributed by atoms with Crippen LogP contribution in [0, 0.1) is 0 Å². The normalized spacial score (nSPS) is 23.4. The molecule has 0 aromatic rings. The Bertz CT molecular complexity index is 728. The largest absolute Gasteiger partial charge is 0.748 e. The maximum atomic E-state index is 9.19. The predicted molar refractivity (Wildman–Crippen MR) is 126 cm³/mol. The van der Waals surface area contributed by atoms with Crippen molar-refractivity contribution in [2.75, 3.05) is 51.8 Å². The highest BCUT2D eigenvalue weighted by atomic mass is 32.2. The summed E-state index contributed by atoms with van der Waals surface area (Å²) < 4.78 is 53.1. The third-order valence-electron chi connectivity index (χ3n) is 5.31. The molecule has 4 aliphatic heterocycles. The van der Waals surface area contributed by atoms with Gasteiger partial charge in [0, 0.05) is 51.7 Å². The first-order chi connectivity index (χ1) is 14.9. The van der Waals surface area contributed by atoms with E-state index < -0.39 is 20.2 Å². The Hall–Kier alpha value is -1.08. The van der Waals surface area contributed by atoms with Gasteiger partial charge in [-0.25, -0.2) is 13.4 Å². The van der Waals surface area contributed by atoms with Crippen molar-refractivity contribution in [3.63, 3.8) is 0 Å². The van der Waals surface area contributed by atoms with Gasteiger partial charge in [-0.2, -0.15) is 8.42 Å². The van der Waals surface area contributed by atoms with E-state index in [4.69, 9.17) is 17.5 Å². The van der Waals surface area contributed by atoms with Gasteiger partial charge in [0.2, 0.25) is 0 Å². The average Bonchev–Trinajstić information content (AvgIpc) is 3.06. The molecule has 0 saturated carbocycles. The van der Waals surface area contributed by atoms with Crippen LogP contribution in [0.4, 0.5) is 0 Å². The number of hydrogen-bond acceptors (Lipinski definition) is 8. The number of aliphatic imine (C=N–C) groups is 2. The smallest absolute Gasteiger partial charge is 0.261 e. The van der Waals surface area contributed by atoms with E-state index in [1.54, 1.807) is 4.90 Å². The van der Waals surface area contributed by atoms with Crippen molar-refractivity contribution in [3.8, 4) is 0 Å². The molecule has 2 N–H and O–H groups in total. The van der Waals surface area contributed by atoms with Crippen molar-refractivity contribution in [1.29, 1.82) is 0 Å². The molecule has 32 heavy (non-hydrogen) atoms. The second kappa shape index (κ2) is 14.9. The topological polar surface area (TPSA) is 144 Å². The number of hydrogen-bond donors (Lipinski definition) is 2. The first-order valence-corrected chi connectivity index (χ1v) is 15.1. The fourth-order valence-corrected chi connectivity index (χ4v) is 4.03. The molecule has 1 atom stereocenters. The minimum absolute atomic E-state index is 0.604. The molecule has 2 fully saturated rings. The standard InChI is InChI=1S/2C9H16N2.2CH4O3S/c2*1-2-5-9-10-6-4-8-11(9)7-3-1;2*1-5(2,3)4/h2*1-8H2;2*1H3,(H,2,3,4). The molecule has 1 unspecified atom stereocenters.